The highest BCUT2D eigenvalue weighted by molar-refractivity contribution is 9.10. The second-order valence-electron chi connectivity index (χ2n) is 3.63. The van der Waals surface area contributed by atoms with Crippen LogP contribution in [0.5, 0.6) is 0 Å². The fourth-order valence-electron chi connectivity index (χ4n) is 1.33. The summed E-state index contributed by atoms with van der Waals surface area (Å²) >= 11 is 3.03. The van der Waals surface area contributed by atoms with E-state index in [1.54, 1.807) is 0 Å². The molecular formula is C12H13BrFNO2S. The van der Waals surface area contributed by atoms with Crippen molar-refractivity contribution in [1.82, 2.24) is 4.72 Å². The second-order valence-corrected chi connectivity index (χ2v) is 6.22. The van der Waals surface area contributed by atoms with E-state index in [-0.39, 0.29) is 9.37 Å². The molecule has 0 saturated heterocycles. The first kappa shape index (κ1) is 15.2. The Balaban J connectivity index is 2.66. The molecule has 18 heavy (non-hydrogen) atoms. The normalized spacial score (nSPS) is 11.2. The fraction of sp³-hybridized carbons (Fsp3) is 0.333. The molecule has 0 bridgehead atoms. The number of nitrogens with one attached hydrogen (secondary N) is 1. The molecule has 0 aliphatic rings. The van der Waals surface area contributed by atoms with Crippen molar-refractivity contribution in [2.24, 2.45) is 0 Å². The Bertz CT molecular complexity index is 552. The van der Waals surface area contributed by atoms with Gasteiger partial charge in [-0.2, -0.15) is 0 Å². The zero-order chi connectivity index (χ0) is 13.6. The van der Waals surface area contributed by atoms with Crippen molar-refractivity contribution in [3.63, 3.8) is 0 Å². The monoisotopic (exact) mass is 333 g/mol. The molecule has 6 heteroatoms. The molecule has 0 radical (unpaired) electrons. The number of terminal acetylenes is 1. The first-order valence-electron chi connectivity index (χ1n) is 5.35. The summed E-state index contributed by atoms with van der Waals surface area (Å²) in [7, 11) is -3.61. The van der Waals surface area contributed by atoms with Gasteiger partial charge in [0.25, 0.3) is 0 Å². The molecule has 0 atom stereocenters. The molecule has 0 amide bonds. The molecular weight excluding hydrogens is 321 g/mol. The van der Waals surface area contributed by atoms with Gasteiger partial charge in [-0.1, -0.05) is 0 Å². The molecule has 0 spiro atoms. The fourth-order valence-corrected chi connectivity index (χ4v) is 3.45. The Hall–Kier alpha value is -0.900. The summed E-state index contributed by atoms with van der Waals surface area (Å²) in [4.78, 5) is 0.0286. The Morgan fingerprint density at radius 2 is 2.11 bits per heavy atom. The third-order valence-electron chi connectivity index (χ3n) is 2.22. The number of sulfonamides is 1. The van der Waals surface area contributed by atoms with Crippen molar-refractivity contribution in [3.8, 4) is 12.3 Å². The summed E-state index contributed by atoms with van der Waals surface area (Å²) in [5.74, 6) is 2.00. The van der Waals surface area contributed by atoms with Crippen LogP contribution in [0.1, 0.15) is 19.3 Å². The highest BCUT2D eigenvalue weighted by atomic mass is 79.9. The number of hydrogen-bond acceptors (Lipinski definition) is 2. The quantitative estimate of drug-likeness (QED) is 0.642. The highest BCUT2D eigenvalue weighted by Crippen LogP contribution is 2.22. The third kappa shape index (κ3) is 4.41. The molecule has 0 heterocycles. The number of benzene rings is 1. The van der Waals surface area contributed by atoms with E-state index in [9.17, 15) is 12.8 Å². The summed E-state index contributed by atoms with van der Waals surface area (Å²) in [6, 6.07) is 3.45. The first-order valence-corrected chi connectivity index (χ1v) is 7.63. The predicted molar refractivity (Wildman–Crippen MR) is 72.0 cm³/mol. The van der Waals surface area contributed by atoms with Crippen LogP contribution in [0.4, 0.5) is 4.39 Å². The molecule has 0 saturated carbocycles. The van der Waals surface area contributed by atoms with Crippen LogP contribution in [-0.2, 0) is 10.0 Å². The molecule has 1 rings (SSSR count). The van der Waals surface area contributed by atoms with Crippen LogP contribution in [0.3, 0.4) is 0 Å². The molecule has 1 aromatic carbocycles. The van der Waals surface area contributed by atoms with Crippen molar-refractivity contribution in [2.45, 2.75) is 24.2 Å². The van der Waals surface area contributed by atoms with Crippen molar-refractivity contribution < 1.29 is 12.8 Å². The van der Waals surface area contributed by atoms with Gasteiger partial charge in [0.05, 0.1) is 4.90 Å². The lowest BCUT2D eigenvalue weighted by atomic mass is 10.2. The van der Waals surface area contributed by atoms with Gasteiger partial charge in [-0.3, -0.25) is 0 Å². The number of unbranched alkanes of at least 4 members (excludes halogenated alkanes) is 2. The van der Waals surface area contributed by atoms with Gasteiger partial charge in [0, 0.05) is 17.4 Å². The molecule has 1 N–H and O–H groups in total. The largest absolute Gasteiger partial charge is 0.241 e. The minimum atomic E-state index is -3.61. The van der Waals surface area contributed by atoms with Crippen LogP contribution < -0.4 is 4.72 Å². The molecule has 0 fully saturated rings. The zero-order valence-corrected chi connectivity index (χ0v) is 12.0. The van der Waals surface area contributed by atoms with Gasteiger partial charge in [-0.15, -0.1) is 12.3 Å². The lowest BCUT2D eigenvalue weighted by Crippen LogP contribution is -2.25. The van der Waals surface area contributed by atoms with E-state index in [4.69, 9.17) is 6.42 Å². The topological polar surface area (TPSA) is 46.2 Å². The number of rotatable bonds is 6. The highest BCUT2D eigenvalue weighted by Gasteiger charge is 2.17. The lowest BCUT2D eigenvalue weighted by Gasteiger charge is -2.08. The van der Waals surface area contributed by atoms with Crippen molar-refractivity contribution >= 4 is 26.0 Å². The van der Waals surface area contributed by atoms with Crippen LogP contribution in [0.2, 0.25) is 0 Å². The molecule has 1 aromatic rings. The number of hydrogen-bond donors (Lipinski definition) is 1. The van der Waals surface area contributed by atoms with Crippen molar-refractivity contribution in [3.05, 3.63) is 28.5 Å². The Kier molecular flexibility index (Phi) is 5.79. The summed E-state index contributed by atoms with van der Waals surface area (Å²) in [6.07, 6.45) is 7.15. The van der Waals surface area contributed by atoms with Crippen LogP contribution in [-0.4, -0.2) is 15.0 Å². The van der Waals surface area contributed by atoms with Gasteiger partial charge in [-0.05, 0) is 47.0 Å². The summed E-state index contributed by atoms with van der Waals surface area (Å²) in [6.45, 7) is 0.313. The first-order chi connectivity index (χ1) is 8.47. The summed E-state index contributed by atoms with van der Waals surface area (Å²) in [5.41, 5.74) is 0. The Morgan fingerprint density at radius 1 is 1.39 bits per heavy atom. The predicted octanol–water partition coefficient (Wildman–Crippen LogP) is 2.67. The van der Waals surface area contributed by atoms with E-state index in [0.717, 1.165) is 18.6 Å². The molecule has 98 valence electrons. The molecule has 3 nitrogen and oxygen atoms in total. The summed E-state index contributed by atoms with van der Waals surface area (Å²) < 4.78 is 39.3. The molecule has 0 aliphatic carbocycles. The molecule has 0 aliphatic heterocycles. The van der Waals surface area contributed by atoms with Crippen LogP contribution in [0.15, 0.2) is 27.6 Å². The number of halogens is 2. The van der Waals surface area contributed by atoms with Crippen molar-refractivity contribution in [2.75, 3.05) is 6.54 Å². The van der Waals surface area contributed by atoms with E-state index in [2.05, 4.69) is 26.6 Å². The van der Waals surface area contributed by atoms with Gasteiger partial charge in [0.15, 0.2) is 0 Å². The standard InChI is InChI=1S/C12H13BrFNO2S/c1-2-3-4-5-8-15-18(16,17)12-7-6-10(14)9-11(12)13/h1,6-7,9,15H,3-5,8H2. The van der Waals surface area contributed by atoms with E-state index in [1.807, 2.05) is 0 Å². The SMILES string of the molecule is C#CCCCCNS(=O)(=O)c1ccc(F)cc1Br. The van der Waals surface area contributed by atoms with Gasteiger partial charge in [-0.25, -0.2) is 17.5 Å². The Morgan fingerprint density at radius 3 is 2.72 bits per heavy atom. The van der Waals surface area contributed by atoms with Crippen LogP contribution in [0, 0.1) is 18.2 Å². The van der Waals surface area contributed by atoms with Crippen molar-refractivity contribution in [1.29, 1.82) is 0 Å². The zero-order valence-electron chi connectivity index (χ0n) is 9.62. The van der Waals surface area contributed by atoms with Crippen LogP contribution in [0.25, 0.3) is 0 Å². The smallest absolute Gasteiger partial charge is 0.211 e. The third-order valence-corrected chi connectivity index (χ3v) is 4.66. The van der Waals surface area contributed by atoms with E-state index < -0.39 is 15.8 Å². The maximum atomic E-state index is 12.9. The molecule has 0 aromatic heterocycles. The summed E-state index contributed by atoms with van der Waals surface area (Å²) in [5, 5.41) is 0. The Labute approximate surface area is 115 Å². The second kappa shape index (κ2) is 6.88. The van der Waals surface area contributed by atoms with Gasteiger partial charge >= 0.3 is 0 Å². The average molecular weight is 334 g/mol. The maximum Gasteiger partial charge on any atom is 0.241 e. The van der Waals surface area contributed by atoms with E-state index in [0.29, 0.717) is 19.4 Å². The van der Waals surface area contributed by atoms with Gasteiger partial charge < -0.3 is 0 Å². The average Bonchev–Trinajstić information content (AvgIpc) is 2.28. The lowest BCUT2D eigenvalue weighted by molar-refractivity contribution is 0.576. The van der Waals surface area contributed by atoms with E-state index >= 15 is 0 Å². The minimum absolute atomic E-state index is 0.0286. The van der Waals surface area contributed by atoms with Crippen LogP contribution >= 0.6 is 15.9 Å². The maximum absolute atomic E-state index is 12.9. The molecule has 0 unspecified atom stereocenters. The minimum Gasteiger partial charge on any atom is -0.211 e. The van der Waals surface area contributed by atoms with E-state index in [1.165, 1.54) is 6.07 Å². The van der Waals surface area contributed by atoms with Gasteiger partial charge in [0.1, 0.15) is 5.82 Å². The van der Waals surface area contributed by atoms with Gasteiger partial charge in [0.2, 0.25) is 10.0 Å².